The van der Waals surface area contributed by atoms with E-state index >= 15 is 0 Å². The summed E-state index contributed by atoms with van der Waals surface area (Å²) < 4.78 is 0. The van der Waals surface area contributed by atoms with Gasteiger partial charge in [-0.2, -0.15) is 0 Å². The van der Waals surface area contributed by atoms with Crippen LogP contribution in [0.3, 0.4) is 0 Å². The van der Waals surface area contributed by atoms with Crippen LogP contribution in [-0.2, 0) is 24.0 Å². The van der Waals surface area contributed by atoms with Crippen LogP contribution in [0.15, 0.2) is 11.6 Å². The Morgan fingerprint density at radius 3 is 2.24 bits per heavy atom. The first kappa shape index (κ1) is 28.3. The van der Waals surface area contributed by atoms with Crippen LogP contribution >= 0.6 is 0 Å². The second-order valence-corrected chi connectivity index (χ2v) is 11.4. The molecule has 0 spiro atoms. The average molecular weight is 519 g/mol. The van der Waals surface area contributed by atoms with Crippen molar-refractivity contribution >= 4 is 35.4 Å². The molecule has 1 unspecified atom stereocenters. The number of primary amides is 1. The minimum Gasteiger partial charge on any atom is -0.465 e. The summed E-state index contributed by atoms with van der Waals surface area (Å²) in [6.07, 6.45) is 3.06. The minimum atomic E-state index is -1.41. The van der Waals surface area contributed by atoms with Gasteiger partial charge in [-0.05, 0) is 55.9 Å². The summed E-state index contributed by atoms with van der Waals surface area (Å²) in [4.78, 5) is 76.1. The van der Waals surface area contributed by atoms with Crippen LogP contribution in [0.2, 0.25) is 0 Å². The second-order valence-electron chi connectivity index (χ2n) is 11.4. The Bertz CT molecular complexity index is 1010. The van der Waals surface area contributed by atoms with Gasteiger partial charge >= 0.3 is 6.09 Å². The molecular weight excluding hydrogens is 480 g/mol. The van der Waals surface area contributed by atoms with Crippen molar-refractivity contribution in [3.05, 3.63) is 11.6 Å². The number of Topliss-reactive ketones (excluding diaryl/α,β-unsaturated/α-hetero) is 1. The number of hydrogen-bond acceptors (Lipinski definition) is 6. The molecule has 2 saturated carbocycles. The zero-order chi connectivity index (χ0) is 27.7. The van der Waals surface area contributed by atoms with Gasteiger partial charge in [0.2, 0.25) is 17.6 Å². The predicted octanol–water partition coefficient (Wildman–Crippen LogP) is 1.15. The molecule has 1 aliphatic heterocycles. The van der Waals surface area contributed by atoms with E-state index in [9.17, 15) is 33.9 Å². The molecule has 5 N–H and O–H groups in total. The molecule has 1 heterocycles. The molecule has 0 bridgehead atoms. The first-order chi connectivity index (χ1) is 17.2. The summed E-state index contributed by atoms with van der Waals surface area (Å²) in [5, 5.41) is 14.2. The topological polar surface area (TPSA) is 176 Å². The van der Waals surface area contributed by atoms with E-state index in [0.29, 0.717) is 6.42 Å². The Kier molecular flexibility index (Phi) is 8.44. The van der Waals surface area contributed by atoms with Crippen LogP contribution in [0, 0.1) is 23.2 Å². The van der Waals surface area contributed by atoms with Gasteiger partial charge in [-0.3, -0.25) is 24.0 Å². The Morgan fingerprint density at radius 1 is 1.08 bits per heavy atom. The molecule has 204 valence electrons. The van der Waals surface area contributed by atoms with Crippen molar-refractivity contribution in [3.8, 4) is 0 Å². The number of allylic oxidation sites excluding steroid dienone is 2. The van der Waals surface area contributed by atoms with Gasteiger partial charge in [-0.25, -0.2) is 4.79 Å². The van der Waals surface area contributed by atoms with E-state index in [-0.39, 0.29) is 48.3 Å². The Balaban J connectivity index is 1.79. The molecule has 5 atom stereocenters. The molecule has 0 aromatic heterocycles. The van der Waals surface area contributed by atoms with Crippen molar-refractivity contribution in [1.29, 1.82) is 0 Å². The summed E-state index contributed by atoms with van der Waals surface area (Å²) in [6, 6.07) is -3.20. The molecule has 0 aromatic carbocycles. The lowest BCUT2D eigenvalue weighted by atomic mass is 9.80. The molecule has 11 heteroatoms. The standard InChI is InChI=1S/C26H38N4O7/c1-13(2)10-15(31)8-9-17(29-25(36)37)24(35)30-12-16-19(26(16,3)4)20(30)23(34)28-18(21(32)22(27)33)11-14-6-5-7-14/h10,14,16-20,29H,5-9,11-12H2,1-4H3,(H2,27,33)(H,28,34)(H,36,37)/t16-,17-,18?,19-,20-/m0/s1. The summed E-state index contributed by atoms with van der Waals surface area (Å²) in [6.45, 7) is 7.77. The fourth-order valence-electron chi connectivity index (χ4n) is 5.82. The Hall–Kier alpha value is -3.24. The third kappa shape index (κ3) is 6.37. The monoisotopic (exact) mass is 518 g/mol. The minimum absolute atomic E-state index is 0.0295. The summed E-state index contributed by atoms with van der Waals surface area (Å²) in [5.41, 5.74) is 5.80. The van der Waals surface area contributed by atoms with Gasteiger partial charge in [-0.1, -0.05) is 38.7 Å². The zero-order valence-electron chi connectivity index (χ0n) is 21.9. The lowest BCUT2D eigenvalue weighted by Crippen LogP contribution is -2.58. The van der Waals surface area contributed by atoms with Gasteiger partial charge in [0.05, 0.1) is 6.04 Å². The number of carboxylic acid groups (broad SMARTS) is 1. The van der Waals surface area contributed by atoms with E-state index < -0.39 is 47.7 Å². The van der Waals surface area contributed by atoms with Crippen LogP contribution in [0.25, 0.3) is 0 Å². The van der Waals surface area contributed by atoms with E-state index in [0.717, 1.165) is 24.8 Å². The molecule has 4 amide bonds. The number of carbonyl (C=O) groups is 6. The van der Waals surface area contributed by atoms with Gasteiger partial charge in [0.25, 0.3) is 5.91 Å². The number of nitrogens with one attached hydrogen (secondary N) is 2. The molecule has 0 aromatic rings. The number of piperidine rings is 1. The average Bonchev–Trinajstić information content (AvgIpc) is 3.09. The van der Waals surface area contributed by atoms with Crippen LogP contribution in [0.1, 0.15) is 66.2 Å². The molecular formula is C26H38N4O7. The van der Waals surface area contributed by atoms with Gasteiger partial charge in [0, 0.05) is 13.0 Å². The van der Waals surface area contributed by atoms with Crippen LogP contribution in [0.5, 0.6) is 0 Å². The number of ketones is 2. The summed E-state index contributed by atoms with van der Waals surface area (Å²) >= 11 is 0. The third-order valence-electron chi connectivity index (χ3n) is 8.15. The number of hydrogen-bond donors (Lipinski definition) is 4. The first-order valence-corrected chi connectivity index (χ1v) is 12.9. The molecule has 37 heavy (non-hydrogen) atoms. The van der Waals surface area contributed by atoms with E-state index in [1.165, 1.54) is 11.0 Å². The highest BCUT2D eigenvalue weighted by molar-refractivity contribution is 6.37. The number of fused-ring (bicyclic) bond motifs is 1. The van der Waals surface area contributed by atoms with Crippen molar-refractivity contribution in [2.45, 2.75) is 84.3 Å². The zero-order valence-corrected chi connectivity index (χ0v) is 21.9. The van der Waals surface area contributed by atoms with Gasteiger partial charge < -0.3 is 26.4 Å². The molecule has 3 fully saturated rings. The largest absolute Gasteiger partial charge is 0.465 e. The normalized spacial score (nSPS) is 25.1. The maximum absolute atomic E-state index is 13.5. The Morgan fingerprint density at radius 2 is 1.73 bits per heavy atom. The first-order valence-electron chi connectivity index (χ1n) is 12.9. The number of rotatable bonds is 12. The maximum atomic E-state index is 13.5. The quantitative estimate of drug-likeness (QED) is 0.221. The maximum Gasteiger partial charge on any atom is 0.405 e. The number of likely N-dealkylation sites (tertiary alicyclic amines) is 1. The summed E-state index contributed by atoms with van der Waals surface area (Å²) in [7, 11) is 0. The van der Waals surface area contributed by atoms with Gasteiger partial charge in [-0.15, -0.1) is 0 Å². The number of nitrogens with two attached hydrogens (primary N) is 1. The SMILES string of the molecule is CC(C)=CC(=O)CC[C@H](NC(=O)O)C(=O)N1C[C@H]2[C@@H]([C@H]1C(=O)NC(CC1CCC1)C(=O)C(N)=O)C2(C)C. The van der Waals surface area contributed by atoms with Gasteiger partial charge in [0.1, 0.15) is 12.1 Å². The van der Waals surface area contributed by atoms with Crippen molar-refractivity contribution < 1.29 is 33.9 Å². The molecule has 2 aliphatic carbocycles. The lowest BCUT2D eigenvalue weighted by molar-refractivity contribution is -0.144. The molecule has 0 radical (unpaired) electrons. The van der Waals surface area contributed by atoms with E-state index in [1.807, 2.05) is 13.8 Å². The number of carbonyl (C=O) groups excluding carboxylic acids is 5. The molecule has 1 saturated heterocycles. The van der Waals surface area contributed by atoms with Crippen LogP contribution in [-0.4, -0.2) is 70.1 Å². The van der Waals surface area contributed by atoms with E-state index in [2.05, 4.69) is 10.6 Å². The summed E-state index contributed by atoms with van der Waals surface area (Å²) in [5.74, 6) is -3.31. The highest BCUT2D eigenvalue weighted by Gasteiger charge is 2.69. The lowest BCUT2D eigenvalue weighted by Gasteiger charge is -2.34. The van der Waals surface area contributed by atoms with Crippen molar-refractivity contribution in [3.63, 3.8) is 0 Å². The van der Waals surface area contributed by atoms with E-state index in [1.54, 1.807) is 13.8 Å². The molecule has 3 aliphatic rings. The molecule has 3 rings (SSSR count). The highest BCUT2D eigenvalue weighted by Crippen LogP contribution is 2.65. The van der Waals surface area contributed by atoms with Crippen molar-refractivity contribution in [2.24, 2.45) is 28.9 Å². The Labute approximate surface area is 216 Å². The van der Waals surface area contributed by atoms with E-state index in [4.69, 9.17) is 5.73 Å². The number of nitrogens with zero attached hydrogens (tertiary/aromatic N) is 1. The van der Waals surface area contributed by atoms with Gasteiger partial charge in [0.15, 0.2) is 5.78 Å². The van der Waals surface area contributed by atoms with Crippen molar-refractivity contribution in [2.75, 3.05) is 6.54 Å². The van der Waals surface area contributed by atoms with Crippen molar-refractivity contribution in [1.82, 2.24) is 15.5 Å². The highest BCUT2D eigenvalue weighted by atomic mass is 16.4. The smallest absolute Gasteiger partial charge is 0.405 e. The predicted molar refractivity (Wildman–Crippen MR) is 133 cm³/mol. The fourth-order valence-corrected chi connectivity index (χ4v) is 5.82. The van der Waals surface area contributed by atoms with Crippen LogP contribution < -0.4 is 16.4 Å². The molecule has 11 nitrogen and oxygen atoms in total. The van der Waals surface area contributed by atoms with Crippen LogP contribution in [0.4, 0.5) is 4.79 Å². The number of amides is 4. The second kappa shape index (κ2) is 11.0. The third-order valence-corrected chi connectivity index (χ3v) is 8.15. The fraction of sp³-hybridized carbons (Fsp3) is 0.692.